The van der Waals surface area contributed by atoms with Gasteiger partial charge in [-0.25, -0.2) is 9.37 Å². The van der Waals surface area contributed by atoms with Crippen LogP contribution in [0.1, 0.15) is 10.4 Å². The third kappa shape index (κ3) is 4.95. The van der Waals surface area contributed by atoms with Crippen molar-refractivity contribution < 1.29 is 18.7 Å². The van der Waals surface area contributed by atoms with Crippen molar-refractivity contribution in [3.63, 3.8) is 0 Å². The van der Waals surface area contributed by atoms with Gasteiger partial charge in [-0.05, 0) is 6.07 Å². The lowest BCUT2D eigenvalue weighted by Crippen LogP contribution is -2.28. The Labute approximate surface area is 109 Å². The smallest absolute Gasteiger partial charge is 0.254 e. The number of carbonyl (C=O) groups is 1. The minimum Gasteiger partial charge on any atom is -0.382 e. The van der Waals surface area contributed by atoms with Crippen LogP contribution >= 0.6 is 11.6 Å². The summed E-state index contributed by atoms with van der Waals surface area (Å²) in [4.78, 5) is 15.2. The Balaban J connectivity index is 2.34. The lowest BCUT2D eigenvalue weighted by atomic mass is 10.2. The summed E-state index contributed by atoms with van der Waals surface area (Å²) in [6.07, 6.45) is 0.951. The predicted octanol–water partition coefficient (Wildman–Crippen LogP) is 1.27. The van der Waals surface area contributed by atoms with Crippen molar-refractivity contribution in [2.24, 2.45) is 0 Å². The first-order chi connectivity index (χ1) is 8.65. The predicted molar refractivity (Wildman–Crippen MR) is 64.2 cm³/mol. The number of aromatic nitrogens is 1. The summed E-state index contributed by atoms with van der Waals surface area (Å²) in [5.41, 5.74) is 0.00792. The molecule has 100 valence electrons. The van der Waals surface area contributed by atoms with Crippen LogP contribution in [0.5, 0.6) is 0 Å². The van der Waals surface area contributed by atoms with Gasteiger partial charge in [0.1, 0.15) is 11.0 Å². The minimum absolute atomic E-state index is 0.00792. The molecular weight excluding hydrogens is 263 g/mol. The summed E-state index contributed by atoms with van der Waals surface area (Å²) in [6.45, 7) is 1.59. The summed E-state index contributed by atoms with van der Waals surface area (Å²) in [7, 11) is 1.57. The summed E-state index contributed by atoms with van der Waals surface area (Å²) in [6, 6.07) is 1.04. The van der Waals surface area contributed by atoms with Crippen LogP contribution in [0.2, 0.25) is 5.15 Å². The van der Waals surface area contributed by atoms with Gasteiger partial charge in [0.25, 0.3) is 5.91 Å². The van der Waals surface area contributed by atoms with E-state index in [0.717, 1.165) is 12.3 Å². The molecule has 0 spiro atoms. The van der Waals surface area contributed by atoms with E-state index in [1.165, 1.54) is 0 Å². The van der Waals surface area contributed by atoms with E-state index in [-0.39, 0.29) is 10.7 Å². The number of pyridine rings is 1. The molecule has 7 heteroatoms. The van der Waals surface area contributed by atoms with E-state index in [4.69, 9.17) is 21.1 Å². The Morgan fingerprint density at radius 3 is 3.00 bits per heavy atom. The fraction of sp³-hybridized carbons (Fsp3) is 0.455. The van der Waals surface area contributed by atoms with Crippen LogP contribution in [0.25, 0.3) is 0 Å². The largest absolute Gasteiger partial charge is 0.382 e. The number of hydrogen-bond donors (Lipinski definition) is 1. The standard InChI is InChI=1S/C11H14ClFN2O3/c1-17-4-5-18-3-2-14-11(16)9-6-8(13)7-15-10(9)12/h6-7H,2-5H2,1H3,(H,14,16). The van der Waals surface area contributed by atoms with Crippen LogP contribution in [0.3, 0.4) is 0 Å². The number of halogens is 2. The van der Waals surface area contributed by atoms with Crippen LogP contribution in [0.15, 0.2) is 12.3 Å². The molecule has 0 aliphatic carbocycles. The van der Waals surface area contributed by atoms with E-state index < -0.39 is 11.7 Å². The number of rotatable bonds is 7. The summed E-state index contributed by atoms with van der Waals surface area (Å²) in [5, 5.41) is 2.51. The highest BCUT2D eigenvalue weighted by atomic mass is 35.5. The van der Waals surface area contributed by atoms with Crippen LogP contribution < -0.4 is 5.32 Å². The van der Waals surface area contributed by atoms with Crippen LogP contribution in [0.4, 0.5) is 4.39 Å². The van der Waals surface area contributed by atoms with Gasteiger partial charge in [-0.3, -0.25) is 4.79 Å². The van der Waals surface area contributed by atoms with Crippen LogP contribution in [-0.4, -0.2) is 44.4 Å². The molecule has 0 aliphatic heterocycles. The topological polar surface area (TPSA) is 60.5 Å². The molecule has 0 aromatic carbocycles. The molecule has 0 aliphatic rings. The normalized spacial score (nSPS) is 10.4. The first kappa shape index (κ1) is 14.8. The molecule has 1 aromatic rings. The monoisotopic (exact) mass is 276 g/mol. The molecule has 5 nitrogen and oxygen atoms in total. The Kier molecular flexibility index (Phi) is 6.56. The fourth-order valence-electron chi connectivity index (χ4n) is 1.16. The molecule has 0 fully saturated rings. The van der Waals surface area contributed by atoms with Crippen molar-refractivity contribution in [3.05, 3.63) is 28.8 Å². The molecule has 1 aromatic heterocycles. The molecule has 0 saturated carbocycles. The molecule has 0 unspecified atom stereocenters. The van der Waals surface area contributed by atoms with Gasteiger partial charge < -0.3 is 14.8 Å². The van der Waals surface area contributed by atoms with Crippen LogP contribution in [0, 0.1) is 5.82 Å². The molecule has 0 radical (unpaired) electrons. The molecular formula is C11H14ClFN2O3. The van der Waals surface area contributed by atoms with Gasteiger partial charge in [0.05, 0.1) is 31.6 Å². The van der Waals surface area contributed by atoms with Crippen molar-refractivity contribution in [1.29, 1.82) is 0 Å². The lowest BCUT2D eigenvalue weighted by Gasteiger charge is -2.07. The summed E-state index contributed by atoms with van der Waals surface area (Å²) < 4.78 is 22.8. The number of hydrogen-bond acceptors (Lipinski definition) is 4. The number of nitrogens with one attached hydrogen (secondary N) is 1. The minimum atomic E-state index is -0.610. The fourth-order valence-corrected chi connectivity index (χ4v) is 1.35. The van der Waals surface area contributed by atoms with Gasteiger partial charge in [0.2, 0.25) is 0 Å². The maximum absolute atomic E-state index is 12.9. The van der Waals surface area contributed by atoms with Crippen molar-refractivity contribution in [3.8, 4) is 0 Å². The van der Waals surface area contributed by atoms with E-state index in [1.807, 2.05) is 0 Å². The first-order valence-electron chi connectivity index (χ1n) is 5.31. The molecule has 0 bridgehead atoms. The molecule has 1 N–H and O–H groups in total. The van der Waals surface area contributed by atoms with Gasteiger partial charge in [0, 0.05) is 13.7 Å². The molecule has 0 atom stereocenters. The second-order valence-electron chi connectivity index (χ2n) is 3.35. The number of methoxy groups -OCH3 is 1. The summed E-state index contributed by atoms with van der Waals surface area (Å²) in [5.74, 6) is -1.09. The zero-order valence-electron chi connectivity index (χ0n) is 9.91. The van der Waals surface area contributed by atoms with Crippen LogP contribution in [-0.2, 0) is 9.47 Å². The van der Waals surface area contributed by atoms with E-state index in [0.29, 0.717) is 26.4 Å². The van der Waals surface area contributed by atoms with Crippen molar-refractivity contribution in [2.45, 2.75) is 0 Å². The second-order valence-corrected chi connectivity index (χ2v) is 3.71. The average molecular weight is 277 g/mol. The van der Waals surface area contributed by atoms with E-state index in [1.54, 1.807) is 7.11 Å². The Bertz CT molecular complexity index is 404. The SMILES string of the molecule is COCCOCCNC(=O)c1cc(F)cnc1Cl. The number of carbonyl (C=O) groups excluding carboxylic acids is 1. The third-order valence-corrected chi connectivity index (χ3v) is 2.32. The first-order valence-corrected chi connectivity index (χ1v) is 5.69. The number of ether oxygens (including phenoxy) is 2. The van der Waals surface area contributed by atoms with E-state index >= 15 is 0 Å². The zero-order valence-corrected chi connectivity index (χ0v) is 10.7. The highest BCUT2D eigenvalue weighted by Gasteiger charge is 2.11. The van der Waals surface area contributed by atoms with Gasteiger partial charge in [-0.15, -0.1) is 0 Å². The maximum atomic E-state index is 12.9. The quantitative estimate of drug-likeness (QED) is 0.602. The van der Waals surface area contributed by atoms with Crippen molar-refractivity contribution >= 4 is 17.5 Å². The third-order valence-electron chi connectivity index (χ3n) is 2.01. The Hall–Kier alpha value is -1.24. The highest BCUT2D eigenvalue weighted by Crippen LogP contribution is 2.13. The van der Waals surface area contributed by atoms with Gasteiger partial charge in [-0.1, -0.05) is 11.6 Å². The van der Waals surface area contributed by atoms with Gasteiger partial charge in [-0.2, -0.15) is 0 Å². The lowest BCUT2D eigenvalue weighted by molar-refractivity contribution is 0.0692. The molecule has 1 heterocycles. The van der Waals surface area contributed by atoms with Gasteiger partial charge >= 0.3 is 0 Å². The Morgan fingerprint density at radius 1 is 1.50 bits per heavy atom. The van der Waals surface area contributed by atoms with Gasteiger partial charge in [0.15, 0.2) is 0 Å². The summed E-state index contributed by atoms with van der Waals surface area (Å²) >= 11 is 5.69. The zero-order chi connectivity index (χ0) is 13.4. The number of nitrogens with zero attached hydrogens (tertiary/aromatic N) is 1. The molecule has 0 saturated heterocycles. The highest BCUT2D eigenvalue weighted by molar-refractivity contribution is 6.32. The molecule has 1 rings (SSSR count). The Morgan fingerprint density at radius 2 is 2.28 bits per heavy atom. The van der Waals surface area contributed by atoms with E-state index in [9.17, 15) is 9.18 Å². The van der Waals surface area contributed by atoms with Crippen molar-refractivity contribution in [1.82, 2.24) is 10.3 Å². The second kappa shape index (κ2) is 7.97. The van der Waals surface area contributed by atoms with Crippen molar-refractivity contribution in [2.75, 3.05) is 33.5 Å². The van der Waals surface area contributed by atoms with E-state index in [2.05, 4.69) is 10.3 Å². The molecule has 18 heavy (non-hydrogen) atoms. The maximum Gasteiger partial charge on any atom is 0.254 e. The number of amides is 1. The average Bonchev–Trinajstić information content (AvgIpc) is 2.36. The molecule has 1 amide bonds.